The van der Waals surface area contributed by atoms with E-state index in [1.807, 2.05) is 6.92 Å². The molecule has 0 rings (SSSR count). The molecule has 29 heavy (non-hydrogen) atoms. The quantitative estimate of drug-likeness (QED) is 0.177. The molecule has 0 heterocycles. The van der Waals surface area contributed by atoms with Crippen LogP contribution in [0.15, 0.2) is 0 Å². The van der Waals surface area contributed by atoms with Crippen molar-refractivity contribution in [3.8, 4) is 0 Å². The van der Waals surface area contributed by atoms with Crippen LogP contribution in [-0.2, 0) is 19.2 Å². The molecule has 0 aliphatic carbocycles. The highest BCUT2D eigenvalue weighted by Gasteiger charge is 2.32. The third-order valence-electron chi connectivity index (χ3n) is 4.97. The summed E-state index contributed by atoms with van der Waals surface area (Å²) in [5.74, 6) is -4.16. The van der Waals surface area contributed by atoms with Gasteiger partial charge in [0.1, 0.15) is 18.1 Å². The van der Waals surface area contributed by atoms with Crippen LogP contribution in [0.5, 0.6) is 0 Å². The summed E-state index contributed by atoms with van der Waals surface area (Å²) in [5.41, 5.74) is 5.82. The lowest BCUT2D eigenvalue weighted by atomic mass is 9.97. The van der Waals surface area contributed by atoms with Gasteiger partial charge in [0, 0.05) is 0 Å². The Morgan fingerprint density at radius 3 is 1.69 bits per heavy atom. The van der Waals surface area contributed by atoms with Gasteiger partial charge in [-0.1, -0.05) is 40.5 Å². The van der Waals surface area contributed by atoms with E-state index < -0.39 is 61.1 Å². The van der Waals surface area contributed by atoms with Crippen LogP contribution in [0.4, 0.5) is 0 Å². The lowest BCUT2D eigenvalue weighted by molar-refractivity contribution is -0.143. The Morgan fingerprint density at radius 2 is 1.28 bits per heavy atom. The molecule has 6 atom stereocenters. The highest BCUT2D eigenvalue weighted by Crippen LogP contribution is 2.09. The first-order valence-electron chi connectivity index (χ1n) is 9.65. The molecule has 0 aromatic rings. The Kier molecular flexibility index (Phi) is 12.1. The van der Waals surface area contributed by atoms with Crippen molar-refractivity contribution in [3.05, 3.63) is 0 Å². The Hall–Kier alpha value is -2.24. The molecule has 0 bridgehead atoms. The zero-order valence-electron chi connectivity index (χ0n) is 17.3. The number of nitrogens with two attached hydrogens (primary N) is 1. The largest absolute Gasteiger partial charge is 0.480 e. The fraction of sp³-hybridized carbons (Fsp3) is 0.778. The molecule has 6 unspecified atom stereocenters. The molecule has 0 saturated carbocycles. The van der Waals surface area contributed by atoms with Crippen LogP contribution in [0.3, 0.4) is 0 Å². The highest BCUT2D eigenvalue weighted by atomic mass is 16.4. The van der Waals surface area contributed by atoms with Gasteiger partial charge in [-0.05, 0) is 11.8 Å². The van der Waals surface area contributed by atoms with Crippen LogP contribution in [0.1, 0.15) is 40.5 Å². The molecule has 168 valence electrons. The van der Waals surface area contributed by atoms with Crippen molar-refractivity contribution in [2.75, 3.05) is 13.2 Å². The van der Waals surface area contributed by atoms with Gasteiger partial charge < -0.3 is 37.0 Å². The summed E-state index contributed by atoms with van der Waals surface area (Å²) in [7, 11) is 0. The van der Waals surface area contributed by atoms with Gasteiger partial charge >= 0.3 is 5.97 Å². The van der Waals surface area contributed by atoms with Gasteiger partial charge in [-0.25, -0.2) is 4.79 Å². The monoisotopic (exact) mass is 418 g/mol. The molecule has 0 aromatic carbocycles. The second-order valence-electron chi connectivity index (χ2n) is 7.11. The maximum atomic E-state index is 12.5. The average Bonchev–Trinajstić information content (AvgIpc) is 2.71. The molecule has 0 aliphatic rings. The van der Waals surface area contributed by atoms with Crippen LogP contribution in [0.2, 0.25) is 0 Å². The average molecular weight is 418 g/mol. The zero-order chi connectivity index (χ0) is 22.7. The van der Waals surface area contributed by atoms with Crippen molar-refractivity contribution in [2.24, 2.45) is 17.6 Å². The van der Waals surface area contributed by atoms with Crippen LogP contribution >= 0.6 is 0 Å². The van der Waals surface area contributed by atoms with Gasteiger partial charge in [0.2, 0.25) is 17.7 Å². The predicted molar refractivity (Wildman–Crippen MR) is 104 cm³/mol. The molecule has 0 fully saturated rings. The number of amides is 3. The van der Waals surface area contributed by atoms with Gasteiger partial charge in [-0.3, -0.25) is 14.4 Å². The number of rotatable bonds is 13. The van der Waals surface area contributed by atoms with Crippen LogP contribution in [-0.4, -0.2) is 76.4 Å². The summed E-state index contributed by atoms with van der Waals surface area (Å²) in [6.45, 7) is 5.56. The van der Waals surface area contributed by atoms with Gasteiger partial charge in [-0.15, -0.1) is 0 Å². The van der Waals surface area contributed by atoms with E-state index >= 15 is 0 Å². The summed E-state index contributed by atoms with van der Waals surface area (Å²) in [6.07, 6.45) is 1.13. The normalized spacial score (nSPS) is 17.2. The number of aliphatic hydroxyl groups is 2. The second kappa shape index (κ2) is 13.1. The van der Waals surface area contributed by atoms with E-state index in [1.54, 1.807) is 20.8 Å². The topological polar surface area (TPSA) is 191 Å². The van der Waals surface area contributed by atoms with Crippen molar-refractivity contribution >= 4 is 23.7 Å². The highest BCUT2D eigenvalue weighted by molar-refractivity contribution is 5.94. The summed E-state index contributed by atoms with van der Waals surface area (Å²) in [6, 6.07) is -4.84. The number of carbonyl (C=O) groups is 4. The maximum Gasteiger partial charge on any atom is 0.328 e. The smallest absolute Gasteiger partial charge is 0.328 e. The van der Waals surface area contributed by atoms with Crippen molar-refractivity contribution in [3.63, 3.8) is 0 Å². The first-order chi connectivity index (χ1) is 13.5. The van der Waals surface area contributed by atoms with Crippen LogP contribution in [0.25, 0.3) is 0 Å². The summed E-state index contributed by atoms with van der Waals surface area (Å²) >= 11 is 0. The van der Waals surface area contributed by atoms with Gasteiger partial charge in [0.15, 0.2) is 0 Å². The number of aliphatic carboxylic acids is 1. The van der Waals surface area contributed by atoms with Gasteiger partial charge in [0.05, 0.1) is 19.3 Å². The third kappa shape index (κ3) is 8.34. The molecule has 0 radical (unpaired) electrons. The minimum absolute atomic E-state index is 0.137. The number of carbonyl (C=O) groups excluding carboxylic acids is 3. The molecule has 0 aliphatic heterocycles. The molecule has 0 saturated heterocycles. The Bertz CT molecular complexity index is 572. The first kappa shape index (κ1) is 26.8. The number of aliphatic hydroxyl groups excluding tert-OH is 2. The van der Waals surface area contributed by atoms with Crippen molar-refractivity contribution in [1.82, 2.24) is 16.0 Å². The molecular formula is C18H34N4O7. The Morgan fingerprint density at radius 1 is 0.793 bits per heavy atom. The molecule has 0 spiro atoms. The van der Waals surface area contributed by atoms with E-state index in [9.17, 15) is 24.3 Å². The number of hydrogen-bond donors (Lipinski definition) is 7. The fourth-order valence-corrected chi connectivity index (χ4v) is 2.38. The van der Waals surface area contributed by atoms with Crippen LogP contribution < -0.4 is 21.7 Å². The molecule has 3 amide bonds. The number of hydrogen-bond acceptors (Lipinski definition) is 7. The van der Waals surface area contributed by atoms with E-state index in [0.717, 1.165) is 0 Å². The zero-order valence-corrected chi connectivity index (χ0v) is 17.3. The number of carboxylic acids is 1. The van der Waals surface area contributed by atoms with E-state index in [4.69, 9.17) is 15.9 Å². The fourth-order valence-electron chi connectivity index (χ4n) is 2.38. The van der Waals surface area contributed by atoms with Crippen molar-refractivity contribution in [2.45, 2.75) is 64.7 Å². The van der Waals surface area contributed by atoms with Crippen molar-refractivity contribution < 1.29 is 34.5 Å². The molecule has 11 nitrogen and oxygen atoms in total. The minimum Gasteiger partial charge on any atom is -0.480 e. The number of carboxylic acid groups (broad SMARTS) is 1. The molecular weight excluding hydrogens is 384 g/mol. The van der Waals surface area contributed by atoms with E-state index in [-0.39, 0.29) is 11.8 Å². The van der Waals surface area contributed by atoms with E-state index in [1.165, 1.54) is 0 Å². The summed E-state index contributed by atoms with van der Waals surface area (Å²) in [4.78, 5) is 48.2. The maximum absolute atomic E-state index is 12.5. The van der Waals surface area contributed by atoms with Gasteiger partial charge in [0.25, 0.3) is 0 Å². The summed E-state index contributed by atoms with van der Waals surface area (Å²) in [5, 5.41) is 34.5. The standard InChI is InChI=1S/C18H34N4O7/c1-5-9(3)13(19)16(26)20-11(7-23)15(25)22-14(10(4)6-2)17(27)21-12(8-24)18(28)29/h9-14,23-24H,5-8,19H2,1-4H3,(H,20,26)(H,21,27)(H,22,25)(H,28,29). The number of nitrogens with one attached hydrogen (secondary N) is 3. The molecule has 0 aromatic heterocycles. The summed E-state index contributed by atoms with van der Waals surface area (Å²) < 4.78 is 0. The molecule has 11 heteroatoms. The molecule has 8 N–H and O–H groups in total. The van der Waals surface area contributed by atoms with E-state index in [2.05, 4.69) is 16.0 Å². The SMILES string of the molecule is CCC(C)C(N)C(=O)NC(CO)C(=O)NC(C(=O)NC(CO)C(=O)O)C(C)CC. The van der Waals surface area contributed by atoms with Crippen molar-refractivity contribution in [1.29, 1.82) is 0 Å². The van der Waals surface area contributed by atoms with Gasteiger partial charge in [-0.2, -0.15) is 0 Å². The Balaban J connectivity index is 5.25. The lowest BCUT2D eigenvalue weighted by Crippen LogP contribution is -2.60. The second-order valence-corrected chi connectivity index (χ2v) is 7.11. The minimum atomic E-state index is -1.52. The van der Waals surface area contributed by atoms with Crippen LogP contribution in [0, 0.1) is 11.8 Å². The predicted octanol–water partition coefficient (Wildman–Crippen LogP) is -2.07. The van der Waals surface area contributed by atoms with E-state index in [0.29, 0.717) is 12.8 Å². The third-order valence-corrected chi connectivity index (χ3v) is 4.97. The lowest BCUT2D eigenvalue weighted by Gasteiger charge is -2.27. The Labute approximate surface area is 170 Å². The first-order valence-corrected chi connectivity index (χ1v) is 9.65.